The van der Waals surface area contributed by atoms with Crippen LogP contribution in [0.2, 0.25) is 0 Å². The summed E-state index contributed by atoms with van der Waals surface area (Å²) in [6.07, 6.45) is 5.61. The van der Waals surface area contributed by atoms with Gasteiger partial charge in [-0.2, -0.15) is 0 Å². The van der Waals surface area contributed by atoms with E-state index in [0.29, 0.717) is 12.2 Å². The first-order valence-electron chi connectivity index (χ1n) is 7.81. The second-order valence-corrected chi connectivity index (χ2v) is 5.87. The van der Waals surface area contributed by atoms with Crippen LogP contribution in [-0.4, -0.2) is 15.9 Å². The number of carbonyl (C=O) groups is 1. The lowest BCUT2D eigenvalue weighted by Crippen LogP contribution is -2.14. The van der Waals surface area contributed by atoms with E-state index in [1.54, 1.807) is 19.1 Å². The van der Waals surface area contributed by atoms with Gasteiger partial charge in [0.2, 0.25) is 0 Å². The summed E-state index contributed by atoms with van der Waals surface area (Å²) in [5.41, 5.74) is 3.39. The van der Waals surface area contributed by atoms with Gasteiger partial charge in [-0.15, -0.1) is 0 Å². The van der Waals surface area contributed by atoms with Crippen LogP contribution in [-0.2, 0) is 17.6 Å². The Kier molecular flexibility index (Phi) is 4.18. The molecule has 3 rings (SSSR count). The Morgan fingerprint density at radius 1 is 1.32 bits per heavy atom. The molecule has 0 bridgehead atoms. The number of rotatable bonds is 3. The van der Waals surface area contributed by atoms with E-state index in [2.05, 4.69) is 11.9 Å². The first kappa shape index (κ1) is 14.7. The van der Waals surface area contributed by atoms with Crippen LogP contribution in [0.3, 0.4) is 0 Å². The van der Waals surface area contributed by atoms with Crippen LogP contribution in [0.1, 0.15) is 37.9 Å². The molecule has 0 fully saturated rings. The molecule has 0 aliphatic heterocycles. The molecule has 0 amide bonds. The van der Waals surface area contributed by atoms with Crippen molar-refractivity contribution in [3.63, 3.8) is 0 Å². The van der Waals surface area contributed by atoms with Gasteiger partial charge in [-0.25, -0.2) is 9.97 Å². The predicted molar refractivity (Wildman–Crippen MR) is 84.6 cm³/mol. The molecule has 1 aromatic heterocycles. The SMILES string of the molecule is CCC(=O)Oc1ccc(-c2ncc3c(n2)CCC(C)C3)cc1. The minimum Gasteiger partial charge on any atom is -0.427 e. The van der Waals surface area contributed by atoms with Crippen LogP contribution in [0.25, 0.3) is 11.4 Å². The molecule has 0 radical (unpaired) electrons. The number of benzene rings is 1. The van der Waals surface area contributed by atoms with Gasteiger partial charge in [-0.05, 0) is 55.0 Å². The van der Waals surface area contributed by atoms with Crippen LogP contribution >= 0.6 is 0 Å². The van der Waals surface area contributed by atoms with Gasteiger partial charge in [0.15, 0.2) is 5.82 Å². The lowest BCUT2D eigenvalue weighted by Gasteiger charge is -2.20. The van der Waals surface area contributed by atoms with Gasteiger partial charge in [-0.1, -0.05) is 13.8 Å². The summed E-state index contributed by atoms with van der Waals surface area (Å²) in [6, 6.07) is 7.36. The smallest absolute Gasteiger partial charge is 0.310 e. The highest BCUT2D eigenvalue weighted by molar-refractivity contribution is 5.72. The summed E-state index contributed by atoms with van der Waals surface area (Å²) in [7, 11) is 0. The molecule has 0 saturated heterocycles. The van der Waals surface area contributed by atoms with Crippen molar-refractivity contribution in [2.24, 2.45) is 5.92 Å². The van der Waals surface area contributed by atoms with Crippen molar-refractivity contribution in [2.45, 2.75) is 39.5 Å². The van der Waals surface area contributed by atoms with Crippen molar-refractivity contribution in [1.82, 2.24) is 9.97 Å². The largest absolute Gasteiger partial charge is 0.427 e. The molecule has 114 valence electrons. The first-order valence-corrected chi connectivity index (χ1v) is 7.81. The molecular weight excluding hydrogens is 276 g/mol. The number of ether oxygens (including phenoxy) is 1. The molecule has 4 nitrogen and oxygen atoms in total. The van der Waals surface area contributed by atoms with E-state index in [9.17, 15) is 4.79 Å². The number of nitrogens with zero attached hydrogens (tertiary/aromatic N) is 2. The zero-order chi connectivity index (χ0) is 15.5. The topological polar surface area (TPSA) is 52.1 Å². The minimum atomic E-state index is -0.230. The molecule has 4 heteroatoms. The summed E-state index contributed by atoms with van der Waals surface area (Å²) in [5, 5.41) is 0. The summed E-state index contributed by atoms with van der Waals surface area (Å²) >= 11 is 0. The molecule has 2 aromatic rings. The van der Waals surface area contributed by atoms with Crippen LogP contribution in [0, 0.1) is 5.92 Å². The summed E-state index contributed by atoms with van der Waals surface area (Å²) in [5.74, 6) is 1.78. The van der Waals surface area contributed by atoms with E-state index in [1.807, 2.05) is 18.3 Å². The van der Waals surface area contributed by atoms with Gasteiger partial charge in [0.05, 0.1) is 0 Å². The van der Waals surface area contributed by atoms with Gasteiger partial charge in [0, 0.05) is 23.9 Å². The molecular formula is C18H20N2O2. The van der Waals surface area contributed by atoms with Crippen molar-refractivity contribution >= 4 is 5.97 Å². The second kappa shape index (κ2) is 6.26. The number of aryl methyl sites for hydroxylation is 1. The van der Waals surface area contributed by atoms with E-state index < -0.39 is 0 Å². The number of carbonyl (C=O) groups excluding carboxylic acids is 1. The van der Waals surface area contributed by atoms with Crippen molar-refractivity contribution in [1.29, 1.82) is 0 Å². The second-order valence-electron chi connectivity index (χ2n) is 5.87. The summed E-state index contributed by atoms with van der Waals surface area (Å²) in [6.45, 7) is 4.05. The van der Waals surface area contributed by atoms with Crippen LogP contribution in [0.5, 0.6) is 5.75 Å². The Morgan fingerprint density at radius 2 is 2.09 bits per heavy atom. The van der Waals surface area contributed by atoms with Crippen molar-refractivity contribution in [3.8, 4) is 17.1 Å². The number of fused-ring (bicyclic) bond motifs is 1. The third-order valence-corrected chi connectivity index (χ3v) is 4.03. The summed E-state index contributed by atoms with van der Waals surface area (Å²) < 4.78 is 5.18. The number of hydrogen-bond donors (Lipinski definition) is 0. The molecule has 1 aliphatic carbocycles. The highest BCUT2D eigenvalue weighted by Crippen LogP contribution is 2.26. The Labute approximate surface area is 130 Å². The maximum Gasteiger partial charge on any atom is 0.310 e. The third kappa shape index (κ3) is 3.16. The van der Waals surface area contributed by atoms with Gasteiger partial charge in [0.25, 0.3) is 0 Å². The fourth-order valence-electron chi connectivity index (χ4n) is 2.70. The lowest BCUT2D eigenvalue weighted by molar-refractivity contribution is -0.134. The van der Waals surface area contributed by atoms with Gasteiger partial charge < -0.3 is 4.74 Å². The molecule has 0 N–H and O–H groups in total. The third-order valence-electron chi connectivity index (χ3n) is 4.03. The standard InChI is InChI=1S/C18H20N2O2/c1-3-17(21)22-15-7-5-13(6-8-15)18-19-11-14-10-12(2)4-9-16(14)20-18/h5-8,11-12H,3-4,9-10H2,1-2H3. The summed E-state index contributed by atoms with van der Waals surface area (Å²) in [4.78, 5) is 20.5. The van der Waals surface area contributed by atoms with Gasteiger partial charge >= 0.3 is 5.97 Å². The monoisotopic (exact) mass is 296 g/mol. The average Bonchev–Trinajstić information content (AvgIpc) is 2.55. The van der Waals surface area contributed by atoms with Crippen molar-refractivity contribution in [2.75, 3.05) is 0 Å². The maximum atomic E-state index is 11.3. The van der Waals surface area contributed by atoms with Crippen molar-refractivity contribution < 1.29 is 9.53 Å². The first-order chi connectivity index (χ1) is 10.7. The fraction of sp³-hybridized carbons (Fsp3) is 0.389. The maximum absolute atomic E-state index is 11.3. The Bertz CT molecular complexity index is 680. The van der Waals surface area contributed by atoms with Crippen molar-refractivity contribution in [3.05, 3.63) is 41.7 Å². The van der Waals surface area contributed by atoms with E-state index in [-0.39, 0.29) is 5.97 Å². The highest BCUT2D eigenvalue weighted by atomic mass is 16.5. The lowest BCUT2D eigenvalue weighted by atomic mass is 9.89. The molecule has 0 saturated carbocycles. The predicted octanol–water partition coefficient (Wildman–Crippen LogP) is 3.58. The Morgan fingerprint density at radius 3 is 2.82 bits per heavy atom. The van der Waals surface area contributed by atoms with Gasteiger partial charge in [0.1, 0.15) is 5.75 Å². The van der Waals surface area contributed by atoms with Gasteiger partial charge in [-0.3, -0.25) is 4.79 Å². The fourth-order valence-corrected chi connectivity index (χ4v) is 2.70. The minimum absolute atomic E-state index is 0.230. The quantitative estimate of drug-likeness (QED) is 0.641. The Balaban J connectivity index is 1.81. The van der Waals surface area contributed by atoms with Crippen LogP contribution in [0.15, 0.2) is 30.5 Å². The highest BCUT2D eigenvalue weighted by Gasteiger charge is 2.17. The zero-order valence-corrected chi connectivity index (χ0v) is 13.0. The van der Waals surface area contributed by atoms with E-state index >= 15 is 0 Å². The zero-order valence-electron chi connectivity index (χ0n) is 13.0. The van der Waals surface area contributed by atoms with E-state index in [4.69, 9.17) is 9.72 Å². The number of esters is 1. The molecule has 1 aromatic carbocycles. The van der Waals surface area contributed by atoms with Crippen LogP contribution < -0.4 is 4.74 Å². The molecule has 1 heterocycles. The number of hydrogen-bond acceptors (Lipinski definition) is 4. The molecule has 0 spiro atoms. The normalized spacial score (nSPS) is 16.9. The Hall–Kier alpha value is -2.23. The van der Waals surface area contributed by atoms with E-state index in [0.717, 1.165) is 30.1 Å². The molecule has 1 aliphatic rings. The average molecular weight is 296 g/mol. The molecule has 22 heavy (non-hydrogen) atoms. The molecule has 1 unspecified atom stereocenters. The molecule has 1 atom stereocenters. The number of aromatic nitrogens is 2. The van der Waals surface area contributed by atoms with E-state index in [1.165, 1.54) is 17.7 Å². The van der Waals surface area contributed by atoms with Crippen LogP contribution in [0.4, 0.5) is 0 Å².